The van der Waals surface area contributed by atoms with E-state index < -0.39 is 23.0 Å². The molecule has 0 aliphatic carbocycles. The Bertz CT molecular complexity index is 645. The van der Waals surface area contributed by atoms with E-state index in [1.165, 1.54) is 19.1 Å². The number of benzene rings is 2. The summed E-state index contributed by atoms with van der Waals surface area (Å²) in [6.07, 6.45) is 0. The Kier molecular flexibility index (Phi) is 3.67. The van der Waals surface area contributed by atoms with Crippen LogP contribution in [0, 0.1) is 25.5 Å². The number of rotatable bonds is 2. The SMILES string of the molecule is Cc1cc(Cl)cc(C(=O)c2c(F)ccc(C)c2F)c1. The van der Waals surface area contributed by atoms with E-state index in [2.05, 4.69) is 0 Å². The standard InChI is InChI=1S/C15H11ClF2O/c1-8-5-10(7-11(16)6-8)15(19)13-12(17)4-3-9(2)14(13)18/h3-7H,1-2H3. The van der Waals surface area contributed by atoms with Crippen LogP contribution in [0.25, 0.3) is 0 Å². The molecular formula is C15H11ClF2O. The Hall–Kier alpha value is -1.74. The van der Waals surface area contributed by atoms with Crippen molar-refractivity contribution in [2.45, 2.75) is 13.8 Å². The van der Waals surface area contributed by atoms with Gasteiger partial charge in [-0.3, -0.25) is 4.79 Å². The Morgan fingerprint density at radius 1 is 1.11 bits per heavy atom. The predicted octanol–water partition coefficient (Wildman–Crippen LogP) is 4.47. The lowest BCUT2D eigenvalue weighted by molar-refractivity contribution is 0.103. The van der Waals surface area contributed by atoms with Gasteiger partial charge in [-0.15, -0.1) is 0 Å². The minimum atomic E-state index is -0.870. The maximum atomic E-state index is 13.9. The summed E-state index contributed by atoms with van der Waals surface area (Å²) in [7, 11) is 0. The van der Waals surface area contributed by atoms with Crippen LogP contribution in [0.3, 0.4) is 0 Å². The monoisotopic (exact) mass is 280 g/mol. The third kappa shape index (κ3) is 2.66. The smallest absolute Gasteiger partial charge is 0.199 e. The van der Waals surface area contributed by atoms with Crippen molar-refractivity contribution in [2.24, 2.45) is 0 Å². The van der Waals surface area contributed by atoms with Crippen LogP contribution in [0.5, 0.6) is 0 Å². The Balaban J connectivity index is 2.59. The highest BCUT2D eigenvalue weighted by Gasteiger charge is 2.20. The molecule has 0 saturated heterocycles. The first-order valence-corrected chi connectivity index (χ1v) is 6.04. The zero-order valence-electron chi connectivity index (χ0n) is 10.4. The lowest BCUT2D eigenvalue weighted by Crippen LogP contribution is -2.09. The van der Waals surface area contributed by atoms with Gasteiger partial charge in [0.2, 0.25) is 0 Å². The molecule has 0 atom stereocenters. The van der Waals surface area contributed by atoms with Crippen LogP contribution in [0.15, 0.2) is 30.3 Å². The predicted molar refractivity (Wildman–Crippen MR) is 70.7 cm³/mol. The first kappa shape index (κ1) is 13.7. The van der Waals surface area contributed by atoms with Gasteiger partial charge in [0.05, 0.1) is 5.56 Å². The molecule has 0 unspecified atom stereocenters. The van der Waals surface area contributed by atoms with E-state index in [4.69, 9.17) is 11.6 Å². The number of halogens is 3. The van der Waals surface area contributed by atoms with Gasteiger partial charge >= 0.3 is 0 Å². The second kappa shape index (κ2) is 5.10. The van der Waals surface area contributed by atoms with E-state index in [1.54, 1.807) is 19.1 Å². The van der Waals surface area contributed by atoms with E-state index in [1.807, 2.05) is 0 Å². The molecule has 98 valence electrons. The van der Waals surface area contributed by atoms with Crippen molar-refractivity contribution in [3.63, 3.8) is 0 Å². The fraction of sp³-hybridized carbons (Fsp3) is 0.133. The molecule has 0 fully saturated rings. The second-order valence-electron chi connectivity index (χ2n) is 4.40. The van der Waals surface area contributed by atoms with E-state index in [0.717, 1.165) is 11.6 Å². The Labute approximate surface area is 114 Å². The summed E-state index contributed by atoms with van der Waals surface area (Å²) >= 11 is 5.85. The van der Waals surface area contributed by atoms with Crippen LogP contribution >= 0.6 is 11.6 Å². The molecule has 0 aromatic heterocycles. The number of hydrogen-bond acceptors (Lipinski definition) is 1. The summed E-state index contributed by atoms with van der Waals surface area (Å²) in [6, 6.07) is 7.00. The van der Waals surface area contributed by atoms with E-state index in [0.29, 0.717) is 5.02 Å². The Morgan fingerprint density at radius 3 is 2.42 bits per heavy atom. The molecule has 0 bridgehead atoms. The summed E-state index contributed by atoms with van der Waals surface area (Å²) in [5.74, 6) is -2.40. The van der Waals surface area contributed by atoms with Gasteiger partial charge < -0.3 is 0 Å². The molecule has 0 aliphatic heterocycles. The maximum absolute atomic E-state index is 13.9. The van der Waals surface area contributed by atoms with Gasteiger partial charge in [0.25, 0.3) is 0 Å². The van der Waals surface area contributed by atoms with Crippen molar-refractivity contribution in [1.82, 2.24) is 0 Å². The normalized spacial score (nSPS) is 10.6. The van der Waals surface area contributed by atoms with Gasteiger partial charge in [0.1, 0.15) is 11.6 Å². The van der Waals surface area contributed by atoms with Crippen LogP contribution in [0.4, 0.5) is 8.78 Å². The zero-order chi connectivity index (χ0) is 14.2. The van der Waals surface area contributed by atoms with Gasteiger partial charge in [0.15, 0.2) is 5.78 Å². The van der Waals surface area contributed by atoms with Crippen molar-refractivity contribution < 1.29 is 13.6 Å². The van der Waals surface area contributed by atoms with Gasteiger partial charge in [-0.05, 0) is 49.2 Å². The molecular weight excluding hydrogens is 270 g/mol. The summed E-state index contributed by atoms with van der Waals surface area (Å²) < 4.78 is 27.6. The fourth-order valence-electron chi connectivity index (χ4n) is 1.88. The highest BCUT2D eigenvalue weighted by molar-refractivity contribution is 6.31. The second-order valence-corrected chi connectivity index (χ2v) is 4.84. The minimum absolute atomic E-state index is 0.174. The molecule has 0 heterocycles. The molecule has 0 radical (unpaired) electrons. The van der Waals surface area contributed by atoms with Gasteiger partial charge in [0, 0.05) is 10.6 Å². The maximum Gasteiger partial charge on any atom is 0.199 e. The van der Waals surface area contributed by atoms with Crippen LogP contribution in [-0.2, 0) is 0 Å². The van der Waals surface area contributed by atoms with Crippen molar-refractivity contribution >= 4 is 17.4 Å². The van der Waals surface area contributed by atoms with E-state index >= 15 is 0 Å². The van der Waals surface area contributed by atoms with Gasteiger partial charge in [-0.2, -0.15) is 0 Å². The first-order chi connectivity index (χ1) is 8.90. The topological polar surface area (TPSA) is 17.1 Å². The molecule has 0 saturated carbocycles. The van der Waals surface area contributed by atoms with Crippen LogP contribution in [0.1, 0.15) is 27.0 Å². The van der Waals surface area contributed by atoms with Crippen LogP contribution in [0.2, 0.25) is 5.02 Å². The number of ketones is 1. The molecule has 4 heteroatoms. The molecule has 1 nitrogen and oxygen atoms in total. The fourth-order valence-corrected chi connectivity index (χ4v) is 2.17. The van der Waals surface area contributed by atoms with Crippen molar-refractivity contribution in [3.05, 3.63) is 69.2 Å². The molecule has 19 heavy (non-hydrogen) atoms. The zero-order valence-corrected chi connectivity index (χ0v) is 11.2. The number of aryl methyl sites for hydroxylation is 2. The number of carbonyl (C=O) groups is 1. The summed E-state index contributed by atoms with van der Waals surface area (Å²) in [4.78, 5) is 12.2. The van der Waals surface area contributed by atoms with E-state index in [9.17, 15) is 13.6 Å². The summed E-state index contributed by atoms with van der Waals surface area (Å²) in [5, 5.41) is 0.358. The van der Waals surface area contributed by atoms with Gasteiger partial charge in [-0.1, -0.05) is 17.7 Å². The highest BCUT2D eigenvalue weighted by atomic mass is 35.5. The molecule has 0 N–H and O–H groups in total. The van der Waals surface area contributed by atoms with Crippen LogP contribution in [-0.4, -0.2) is 5.78 Å². The third-order valence-corrected chi connectivity index (χ3v) is 3.03. The van der Waals surface area contributed by atoms with Crippen LogP contribution < -0.4 is 0 Å². The summed E-state index contributed by atoms with van der Waals surface area (Å²) in [5.41, 5.74) is 0.614. The third-order valence-electron chi connectivity index (χ3n) is 2.82. The molecule has 2 rings (SSSR count). The number of carbonyl (C=O) groups excluding carboxylic acids is 1. The lowest BCUT2D eigenvalue weighted by atomic mass is 9.99. The molecule has 0 spiro atoms. The average Bonchev–Trinajstić information content (AvgIpc) is 2.33. The minimum Gasteiger partial charge on any atom is -0.288 e. The molecule has 2 aromatic carbocycles. The first-order valence-electron chi connectivity index (χ1n) is 5.66. The summed E-state index contributed by atoms with van der Waals surface area (Å²) in [6.45, 7) is 3.24. The lowest BCUT2D eigenvalue weighted by Gasteiger charge is -2.07. The van der Waals surface area contributed by atoms with Gasteiger partial charge in [-0.25, -0.2) is 8.78 Å². The molecule has 0 amide bonds. The van der Waals surface area contributed by atoms with Crippen molar-refractivity contribution in [3.8, 4) is 0 Å². The molecule has 0 aliphatic rings. The van der Waals surface area contributed by atoms with Crippen molar-refractivity contribution in [1.29, 1.82) is 0 Å². The average molecular weight is 281 g/mol. The Morgan fingerprint density at radius 2 is 1.79 bits per heavy atom. The highest BCUT2D eigenvalue weighted by Crippen LogP contribution is 2.22. The van der Waals surface area contributed by atoms with E-state index in [-0.39, 0.29) is 11.1 Å². The van der Waals surface area contributed by atoms with Crippen molar-refractivity contribution in [2.75, 3.05) is 0 Å². The number of hydrogen-bond donors (Lipinski definition) is 0. The molecule has 2 aromatic rings. The quantitative estimate of drug-likeness (QED) is 0.742. The largest absolute Gasteiger partial charge is 0.288 e.